The van der Waals surface area contributed by atoms with Crippen molar-refractivity contribution in [1.82, 2.24) is 14.1 Å². The Kier molecular flexibility index (Phi) is 9.94. The minimum Gasteiger partial charge on any atom is -0.489 e. The fourth-order valence-corrected chi connectivity index (χ4v) is 6.97. The highest BCUT2D eigenvalue weighted by Gasteiger charge is 2.23. The molecule has 0 amide bonds. The Labute approximate surface area is 305 Å². The number of rotatable bonds is 12. The first-order chi connectivity index (χ1) is 25.2. The summed E-state index contributed by atoms with van der Waals surface area (Å²) in [5.74, 6) is 2.20. The van der Waals surface area contributed by atoms with E-state index in [1.165, 1.54) is 5.56 Å². The van der Waals surface area contributed by atoms with E-state index in [9.17, 15) is 4.79 Å². The average Bonchev–Trinajstić information content (AvgIpc) is 3.47. The van der Waals surface area contributed by atoms with E-state index in [0.717, 1.165) is 56.0 Å². The summed E-state index contributed by atoms with van der Waals surface area (Å²) in [5.41, 5.74) is 10.5. The Hall–Kier alpha value is -6.08. The van der Waals surface area contributed by atoms with Gasteiger partial charge < -0.3 is 18.9 Å². The highest BCUT2D eigenvalue weighted by Crippen LogP contribution is 2.34. The van der Waals surface area contributed by atoms with E-state index in [1.807, 2.05) is 85.5 Å². The molecule has 5 aromatic carbocycles. The van der Waals surface area contributed by atoms with Crippen LogP contribution in [0.5, 0.6) is 11.5 Å². The van der Waals surface area contributed by atoms with Crippen LogP contribution in [0.3, 0.4) is 0 Å². The van der Waals surface area contributed by atoms with Crippen molar-refractivity contribution in [2.75, 3.05) is 4.90 Å². The van der Waals surface area contributed by atoms with Crippen molar-refractivity contribution < 1.29 is 9.47 Å². The van der Waals surface area contributed by atoms with Gasteiger partial charge in [-0.05, 0) is 84.0 Å². The zero-order valence-electron chi connectivity index (χ0n) is 30.5. The third-order valence-corrected chi connectivity index (χ3v) is 9.49. The Morgan fingerprint density at radius 3 is 1.60 bits per heavy atom. The van der Waals surface area contributed by atoms with Crippen LogP contribution in [0.15, 0.2) is 132 Å². The van der Waals surface area contributed by atoms with Gasteiger partial charge in [0.25, 0.3) is 5.56 Å². The van der Waals surface area contributed by atoms with Crippen molar-refractivity contribution in [3.8, 4) is 22.6 Å². The summed E-state index contributed by atoms with van der Waals surface area (Å²) in [4.78, 5) is 21.7. The first-order valence-corrected chi connectivity index (χ1v) is 17.6. The lowest BCUT2D eigenvalue weighted by Gasteiger charge is -2.26. The molecule has 52 heavy (non-hydrogen) atoms. The second-order valence-corrected chi connectivity index (χ2v) is 13.6. The van der Waals surface area contributed by atoms with Crippen LogP contribution >= 0.6 is 0 Å². The molecule has 0 atom stereocenters. The number of fused-ring (bicyclic) bond motifs is 1. The van der Waals surface area contributed by atoms with Gasteiger partial charge in [0.1, 0.15) is 30.4 Å². The summed E-state index contributed by atoms with van der Waals surface area (Å²) < 4.78 is 15.8. The predicted molar refractivity (Wildman–Crippen MR) is 210 cm³/mol. The van der Waals surface area contributed by atoms with E-state index in [4.69, 9.17) is 14.5 Å². The third-order valence-electron chi connectivity index (χ3n) is 9.49. The van der Waals surface area contributed by atoms with Crippen LogP contribution < -0.4 is 19.9 Å². The van der Waals surface area contributed by atoms with Gasteiger partial charge in [0.05, 0.1) is 5.39 Å². The topological polar surface area (TPSA) is 61.5 Å². The van der Waals surface area contributed by atoms with E-state index in [2.05, 4.69) is 86.3 Å². The average molecular weight is 689 g/mol. The first-order valence-electron chi connectivity index (χ1n) is 17.6. The lowest BCUT2D eigenvalue weighted by Crippen LogP contribution is -2.31. The predicted octanol–water partition coefficient (Wildman–Crippen LogP) is 9.23. The molecule has 0 aliphatic carbocycles. The largest absolute Gasteiger partial charge is 0.489 e. The fourth-order valence-electron chi connectivity index (χ4n) is 6.97. The van der Waals surface area contributed by atoms with Crippen LogP contribution in [0, 0.1) is 20.8 Å². The summed E-state index contributed by atoms with van der Waals surface area (Å²) in [6.45, 7) is 8.39. The molecule has 262 valence electrons. The van der Waals surface area contributed by atoms with Gasteiger partial charge in [0, 0.05) is 38.9 Å². The molecule has 0 spiro atoms. The zero-order valence-corrected chi connectivity index (χ0v) is 30.5. The van der Waals surface area contributed by atoms with E-state index < -0.39 is 0 Å². The van der Waals surface area contributed by atoms with Crippen molar-refractivity contribution in [3.05, 3.63) is 177 Å². The Morgan fingerprint density at radius 2 is 1.12 bits per heavy atom. The standard InChI is InChI=1S/C45H44N4O3/c1-31-24-32(2)41(33(3)25-31)40-28-47(4)43-42(40)44(50)48(5)45(46-43)49(26-34-16-20-38(21-17-34)51-29-36-12-8-6-9-13-36)27-35-18-22-39(23-19-35)52-30-37-14-10-7-11-15-37/h6-25,28H,26-27,29-30H2,1-5H3. The number of ether oxygens (including phenoxy) is 2. The fraction of sp³-hybridized carbons (Fsp3) is 0.200. The molecule has 0 aliphatic rings. The molecule has 0 aliphatic heterocycles. The van der Waals surface area contributed by atoms with Crippen LogP contribution in [0.1, 0.15) is 38.9 Å². The Bertz CT molecular complexity index is 2250. The molecule has 0 fully saturated rings. The summed E-state index contributed by atoms with van der Waals surface area (Å²) in [6.07, 6.45) is 2.04. The van der Waals surface area contributed by atoms with Gasteiger partial charge in [0.2, 0.25) is 5.95 Å². The van der Waals surface area contributed by atoms with E-state index in [-0.39, 0.29) is 5.56 Å². The highest BCUT2D eigenvalue weighted by atomic mass is 16.5. The molecule has 0 N–H and O–H groups in total. The normalized spacial score (nSPS) is 11.2. The molecule has 7 nitrogen and oxygen atoms in total. The quantitative estimate of drug-likeness (QED) is 0.128. The van der Waals surface area contributed by atoms with Crippen molar-refractivity contribution in [1.29, 1.82) is 0 Å². The summed E-state index contributed by atoms with van der Waals surface area (Å²) in [6, 6.07) is 40.9. The molecular formula is C45H44N4O3. The number of aryl methyl sites for hydroxylation is 4. The highest BCUT2D eigenvalue weighted by molar-refractivity contribution is 5.96. The molecule has 2 heterocycles. The smallest absolute Gasteiger partial charge is 0.264 e. The number of hydrogen-bond acceptors (Lipinski definition) is 5. The molecule has 0 bridgehead atoms. The summed E-state index contributed by atoms with van der Waals surface area (Å²) in [5, 5.41) is 0.628. The van der Waals surface area contributed by atoms with Gasteiger partial charge in [-0.1, -0.05) is 103 Å². The molecule has 0 saturated heterocycles. The molecular weight excluding hydrogens is 645 g/mol. The van der Waals surface area contributed by atoms with Gasteiger partial charge in [0.15, 0.2) is 0 Å². The SMILES string of the molecule is Cc1cc(C)c(-c2cn(C)c3nc(N(Cc4ccc(OCc5ccccc5)cc4)Cc4ccc(OCc5ccccc5)cc4)n(C)c(=O)c23)c(C)c1. The zero-order chi connectivity index (χ0) is 36.2. The van der Waals surface area contributed by atoms with Crippen molar-refractivity contribution >= 4 is 17.0 Å². The van der Waals surface area contributed by atoms with Gasteiger partial charge >= 0.3 is 0 Å². The van der Waals surface area contributed by atoms with Gasteiger partial charge in [-0.2, -0.15) is 4.98 Å². The molecule has 0 radical (unpaired) electrons. The van der Waals surface area contributed by atoms with Crippen molar-refractivity contribution in [2.24, 2.45) is 14.1 Å². The minimum absolute atomic E-state index is 0.0747. The van der Waals surface area contributed by atoms with Crippen molar-refractivity contribution in [2.45, 2.75) is 47.1 Å². The number of hydrogen-bond donors (Lipinski definition) is 0. The van der Waals surface area contributed by atoms with Gasteiger partial charge in [-0.25, -0.2) is 0 Å². The molecule has 0 saturated carbocycles. The molecule has 7 heteroatoms. The van der Waals surface area contributed by atoms with Crippen LogP contribution in [0.25, 0.3) is 22.2 Å². The third kappa shape index (κ3) is 7.49. The van der Waals surface area contributed by atoms with Gasteiger partial charge in [-0.15, -0.1) is 0 Å². The maximum atomic E-state index is 14.4. The summed E-state index contributed by atoms with van der Waals surface area (Å²) >= 11 is 0. The van der Waals surface area contributed by atoms with E-state index >= 15 is 0 Å². The van der Waals surface area contributed by atoms with E-state index in [1.54, 1.807) is 4.57 Å². The molecule has 7 aromatic rings. The minimum atomic E-state index is -0.0747. The summed E-state index contributed by atoms with van der Waals surface area (Å²) in [7, 11) is 3.79. The maximum absolute atomic E-state index is 14.4. The number of nitrogens with zero attached hydrogens (tertiary/aromatic N) is 4. The van der Waals surface area contributed by atoms with Crippen LogP contribution in [-0.2, 0) is 40.4 Å². The molecule has 7 rings (SSSR count). The monoisotopic (exact) mass is 688 g/mol. The van der Waals surface area contributed by atoms with Crippen LogP contribution in [0.2, 0.25) is 0 Å². The lowest BCUT2D eigenvalue weighted by atomic mass is 9.94. The van der Waals surface area contributed by atoms with Crippen LogP contribution in [-0.4, -0.2) is 14.1 Å². The Morgan fingerprint density at radius 1 is 0.635 bits per heavy atom. The Balaban J connectivity index is 1.21. The first kappa shape index (κ1) is 34.4. The lowest BCUT2D eigenvalue weighted by molar-refractivity contribution is 0.306. The molecule has 0 unspecified atom stereocenters. The second-order valence-electron chi connectivity index (χ2n) is 13.6. The van der Waals surface area contributed by atoms with Gasteiger partial charge in [-0.3, -0.25) is 9.36 Å². The van der Waals surface area contributed by atoms with E-state index in [0.29, 0.717) is 43.3 Å². The van der Waals surface area contributed by atoms with Crippen LogP contribution in [0.4, 0.5) is 5.95 Å². The number of benzene rings is 5. The molecule has 2 aromatic heterocycles. The maximum Gasteiger partial charge on any atom is 0.264 e. The van der Waals surface area contributed by atoms with Crippen molar-refractivity contribution in [3.63, 3.8) is 0 Å². The number of anilines is 1. The second kappa shape index (κ2) is 15.0. The number of aromatic nitrogens is 3.